The van der Waals surface area contributed by atoms with Crippen molar-refractivity contribution in [3.63, 3.8) is 0 Å². The molecule has 0 atom stereocenters. The quantitative estimate of drug-likeness (QED) is 0.863. The molecule has 4 nitrogen and oxygen atoms in total. The van der Waals surface area contributed by atoms with Crippen LogP contribution in [0.5, 0.6) is 0 Å². The van der Waals surface area contributed by atoms with Gasteiger partial charge < -0.3 is 5.11 Å². The lowest BCUT2D eigenvalue weighted by Crippen LogP contribution is -2.04. The molecule has 0 amide bonds. The van der Waals surface area contributed by atoms with Crippen molar-refractivity contribution >= 4 is 16.9 Å². The molecule has 88 valence electrons. The third-order valence-corrected chi connectivity index (χ3v) is 3.47. The predicted octanol–water partition coefficient (Wildman–Crippen LogP) is 2.85. The Morgan fingerprint density at radius 3 is 2.82 bits per heavy atom. The summed E-state index contributed by atoms with van der Waals surface area (Å²) >= 11 is 0. The molecule has 17 heavy (non-hydrogen) atoms. The molecule has 0 bridgehead atoms. The van der Waals surface area contributed by atoms with Crippen molar-refractivity contribution < 1.29 is 9.90 Å². The molecule has 0 aliphatic heterocycles. The van der Waals surface area contributed by atoms with E-state index in [0.29, 0.717) is 11.6 Å². The van der Waals surface area contributed by atoms with Gasteiger partial charge in [0.05, 0.1) is 17.1 Å². The smallest absolute Gasteiger partial charge is 0.335 e. The molecule has 1 aromatic carbocycles. The maximum Gasteiger partial charge on any atom is 0.335 e. The number of rotatable bonds is 2. The van der Waals surface area contributed by atoms with Gasteiger partial charge in [0.1, 0.15) is 0 Å². The van der Waals surface area contributed by atoms with Crippen molar-refractivity contribution in [1.82, 2.24) is 9.78 Å². The zero-order chi connectivity index (χ0) is 11.8. The third-order valence-electron chi connectivity index (χ3n) is 3.47. The molecule has 1 aliphatic carbocycles. The lowest BCUT2D eigenvalue weighted by atomic mass is 10.2. The number of hydrogen-bond acceptors (Lipinski definition) is 2. The Kier molecular flexibility index (Phi) is 2.35. The molecular formula is C13H14N2O2. The van der Waals surface area contributed by atoms with Crippen LogP contribution in [-0.4, -0.2) is 20.9 Å². The lowest BCUT2D eigenvalue weighted by molar-refractivity contribution is 0.0697. The highest BCUT2D eigenvalue weighted by Crippen LogP contribution is 2.30. The van der Waals surface area contributed by atoms with Gasteiger partial charge in [-0.15, -0.1) is 0 Å². The molecule has 1 saturated carbocycles. The van der Waals surface area contributed by atoms with Crippen LogP contribution in [0.1, 0.15) is 42.1 Å². The minimum Gasteiger partial charge on any atom is -0.478 e. The standard InChI is InChI=1S/C13H14N2O2/c16-13(17)9-5-6-10-8-15(14-12(10)7-9)11-3-1-2-4-11/h5-8,11H,1-4H2,(H,16,17). The summed E-state index contributed by atoms with van der Waals surface area (Å²) in [5, 5.41) is 14.4. The van der Waals surface area contributed by atoms with E-state index in [1.165, 1.54) is 25.7 Å². The first kappa shape index (κ1) is 10.3. The topological polar surface area (TPSA) is 55.1 Å². The minimum atomic E-state index is -0.901. The van der Waals surface area contributed by atoms with Gasteiger partial charge in [0, 0.05) is 11.6 Å². The number of benzene rings is 1. The average Bonchev–Trinajstić information content (AvgIpc) is 2.96. The van der Waals surface area contributed by atoms with Crippen molar-refractivity contribution in [2.24, 2.45) is 0 Å². The highest BCUT2D eigenvalue weighted by atomic mass is 16.4. The molecule has 1 aliphatic rings. The van der Waals surface area contributed by atoms with E-state index in [-0.39, 0.29) is 0 Å². The van der Waals surface area contributed by atoms with Gasteiger partial charge in [-0.1, -0.05) is 18.9 Å². The lowest BCUT2D eigenvalue weighted by Gasteiger charge is -2.07. The first-order chi connectivity index (χ1) is 8.24. The number of hydrogen-bond donors (Lipinski definition) is 1. The first-order valence-electron chi connectivity index (χ1n) is 5.96. The van der Waals surface area contributed by atoms with Gasteiger partial charge in [0.15, 0.2) is 0 Å². The van der Waals surface area contributed by atoms with Crippen LogP contribution in [0.15, 0.2) is 24.4 Å². The molecule has 0 radical (unpaired) electrons. The highest BCUT2D eigenvalue weighted by Gasteiger charge is 2.18. The molecule has 1 N–H and O–H groups in total. The van der Waals surface area contributed by atoms with Crippen LogP contribution < -0.4 is 0 Å². The largest absolute Gasteiger partial charge is 0.478 e. The first-order valence-corrected chi connectivity index (χ1v) is 5.96. The number of fused-ring (bicyclic) bond motifs is 1. The molecule has 4 heteroatoms. The van der Waals surface area contributed by atoms with E-state index in [2.05, 4.69) is 5.10 Å². The van der Waals surface area contributed by atoms with Crippen LogP contribution in [0.25, 0.3) is 10.9 Å². The van der Waals surface area contributed by atoms with Crippen LogP contribution in [-0.2, 0) is 0 Å². The van der Waals surface area contributed by atoms with E-state index < -0.39 is 5.97 Å². The van der Waals surface area contributed by atoms with Crippen molar-refractivity contribution in [2.45, 2.75) is 31.7 Å². The summed E-state index contributed by atoms with van der Waals surface area (Å²) in [4.78, 5) is 10.9. The Bertz CT molecular complexity index is 568. The fourth-order valence-electron chi connectivity index (χ4n) is 2.52. The van der Waals surface area contributed by atoms with E-state index in [0.717, 1.165) is 10.9 Å². The number of carboxylic acids is 1. The van der Waals surface area contributed by atoms with E-state index in [9.17, 15) is 4.79 Å². The fraction of sp³-hybridized carbons (Fsp3) is 0.385. The number of aromatic carboxylic acids is 1. The summed E-state index contributed by atoms with van der Waals surface area (Å²) in [6.07, 6.45) is 6.92. The number of nitrogens with zero attached hydrogens (tertiary/aromatic N) is 2. The van der Waals surface area contributed by atoms with Crippen molar-refractivity contribution in [2.75, 3.05) is 0 Å². The summed E-state index contributed by atoms with van der Waals surface area (Å²) in [7, 11) is 0. The highest BCUT2D eigenvalue weighted by molar-refractivity contribution is 5.92. The molecular weight excluding hydrogens is 216 g/mol. The van der Waals surface area contributed by atoms with Crippen LogP contribution >= 0.6 is 0 Å². The van der Waals surface area contributed by atoms with Crippen molar-refractivity contribution in [3.05, 3.63) is 30.0 Å². The summed E-state index contributed by atoms with van der Waals surface area (Å²) in [6.45, 7) is 0. The maximum absolute atomic E-state index is 10.9. The van der Waals surface area contributed by atoms with Gasteiger partial charge in [0.25, 0.3) is 0 Å². The van der Waals surface area contributed by atoms with Crippen molar-refractivity contribution in [1.29, 1.82) is 0 Å². The number of aromatic nitrogens is 2. The summed E-state index contributed by atoms with van der Waals surface area (Å²) in [6, 6.07) is 5.60. The van der Waals surface area contributed by atoms with Crippen LogP contribution in [0.4, 0.5) is 0 Å². The van der Waals surface area contributed by atoms with E-state index in [1.54, 1.807) is 12.1 Å². The van der Waals surface area contributed by atoms with Gasteiger partial charge in [-0.05, 0) is 25.0 Å². The molecule has 0 saturated heterocycles. The Balaban J connectivity index is 2.03. The minimum absolute atomic E-state index is 0.300. The molecule has 3 rings (SSSR count). The second kappa shape index (κ2) is 3.87. The van der Waals surface area contributed by atoms with Gasteiger partial charge >= 0.3 is 5.97 Å². The molecule has 1 fully saturated rings. The van der Waals surface area contributed by atoms with E-state index in [1.807, 2.05) is 16.9 Å². The summed E-state index contributed by atoms with van der Waals surface area (Å²) < 4.78 is 2.00. The molecule has 2 aromatic rings. The van der Waals surface area contributed by atoms with Gasteiger partial charge in [-0.2, -0.15) is 5.10 Å². The normalized spacial score (nSPS) is 16.7. The zero-order valence-electron chi connectivity index (χ0n) is 9.47. The van der Waals surface area contributed by atoms with E-state index in [4.69, 9.17) is 5.11 Å². The third kappa shape index (κ3) is 1.79. The average molecular weight is 230 g/mol. The Labute approximate surface area is 98.9 Å². The van der Waals surface area contributed by atoms with Gasteiger partial charge in [-0.3, -0.25) is 4.68 Å². The Morgan fingerprint density at radius 1 is 1.35 bits per heavy atom. The predicted molar refractivity (Wildman–Crippen MR) is 64.2 cm³/mol. The Morgan fingerprint density at radius 2 is 2.12 bits per heavy atom. The fourth-order valence-corrected chi connectivity index (χ4v) is 2.52. The van der Waals surface area contributed by atoms with E-state index >= 15 is 0 Å². The molecule has 0 unspecified atom stereocenters. The number of carbonyl (C=O) groups is 1. The summed E-state index contributed by atoms with van der Waals surface area (Å²) in [5.41, 5.74) is 1.07. The van der Waals surface area contributed by atoms with Gasteiger partial charge in [0.2, 0.25) is 0 Å². The Hall–Kier alpha value is -1.84. The maximum atomic E-state index is 10.9. The molecule has 0 spiro atoms. The SMILES string of the molecule is O=C(O)c1ccc2cn(C3CCCC3)nc2c1. The summed E-state index contributed by atoms with van der Waals surface area (Å²) in [5.74, 6) is -0.901. The molecule has 1 heterocycles. The van der Waals surface area contributed by atoms with Crippen LogP contribution in [0, 0.1) is 0 Å². The zero-order valence-corrected chi connectivity index (χ0v) is 9.47. The van der Waals surface area contributed by atoms with Gasteiger partial charge in [-0.25, -0.2) is 4.79 Å². The second-order valence-corrected chi connectivity index (χ2v) is 4.63. The number of carboxylic acid groups (broad SMARTS) is 1. The molecule has 1 aromatic heterocycles. The van der Waals surface area contributed by atoms with Crippen LogP contribution in [0.2, 0.25) is 0 Å². The second-order valence-electron chi connectivity index (χ2n) is 4.63. The monoisotopic (exact) mass is 230 g/mol. The van der Waals surface area contributed by atoms with Crippen molar-refractivity contribution in [3.8, 4) is 0 Å². The van der Waals surface area contributed by atoms with Crippen LogP contribution in [0.3, 0.4) is 0 Å².